The number of carbonyl (C=O) groups is 4. The van der Waals surface area contributed by atoms with E-state index in [9.17, 15) is 19.2 Å². The van der Waals surface area contributed by atoms with Gasteiger partial charge in [0.15, 0.2) is 0 Å². The van der Waals surface area contributed by atoms with Crippen molar-refractivity contribution in [3.8, 4) is 0 Å². The molecule has 10 nitrogen and oxygen atoms in total. The van der Waals surface area contributed by atoms with Crippen LogP contribution in [0.25, 0.3) is 0 Å². The highest BCUT2D eigenvalue weighted by Gasteiger charge is 2.39. The van der Waals surface area contributed by atoms with Crippen molar-refractivity contribution in [1.29, 1.82) is 0 Å². The van der Waals surface area contributed by atoms with Gasteiger partial charge in [-0.15, -0.1) is 0 Å². The summed E-state index contributed by atoms with van der Waals surface area (Å²) in [4.78, 5) is 66.0. The van der Waals surface area contributed by atoms with E-state index in [4.69, 9.17) is 8.83 Å². The Balaban J connectivity index is 1.09. The molecule has 0 radical (unpaired) electrons. The average molecular weight is 735 g/mol. The maximum Gasteiger partial charge on any atom is 0.263 e. The lowest BCUT2D eigenvalue weighted by atomic mass is 9.70. The number of likely N-dealkylation sites (tertiary alicyclic amines) is 2. The lowest BCUT2D eigenvalue weighted by Gasteiger charge is -2.39. The van der Waals surface area contributed by atoms with Crippen molar-refractivity contribution in [2.24, 2.45) is 23.7 Å². The number of aryl methyl sites for hydroxylation is 4. The number of rotatable bonds is 17. The molecule has 2 aromatic carbocycles. The van der Waals surface area contributed by atoms with Crippen molar-refractivity contribution in [3.05, 3.63) is 107 Å². The van der Waals surface area contributed by atoms with Gasteiger partial charge in [-0.05, 0) is 106 Å². The molecule has 0 saturated carbocycles. The number of benzene rings is 2. The van der Waals surface area contributed by atoms with Gasteiger partial charge in [0, 0.05) is 51.4 Å². The van der Waals surface area contributed by atoms with E-state index in [2.05, 4.69) is 60.2 Å². The van der Waals surface area contributed by atoms with E-state index in [0.29, 0.717) is 51.1 Å². The maximum atomic E-state index is 14.2. The van der Waals surface area contributed by atoms with Gasteiger partial charge >= 0.3 is 0 Å². The summed E-state index contributed by atoms with van der Waals surface area (Å²) >= 11 is 0. The molecular weight excluding hydrogens is 681 g/mol. The third kappa shape index (κ3) is 10.4. The van der Waals surface area contributed by atoms with Crippen LogP contribution in [0.15, 0.2) is 82.3 Å². The molecule has 2 aromatic heterocycles. The van der Waals surface area contributed by atoms with Crippen LogP contribution in [0.4, 0.5) is 0 Å². The van der Waals surface area contributed by atoms with Crippen molar-refractivity contribution in [2.75, 3.05) is 26.2 Å². The number of piperidine rings is 2. The SMILES string of the molecule is Cc1ccc(CCC(=O)N2CCC(CCC(C(=O)c3ncco3)C(CCC(=O)c3ncco3)C3CCN(C(=O)CCc4ccccc4C)CC3)CC2)cc1. The Kier molecular flexibility index (Phi) is 13.6. The van der Waals surface area contributed by atoms with Crippen LogP contribution >= 0.6 is 0 Å². The van der Waals surface area contributed by atoms with Crippen molar-refractivity contribution in [2.45, 2.75) is 90.9 Å². The fraction of sp³-hybridized carbons (Fsp3) is 0.500. The van der Waals surface area contributed by atoms with E-state index in [1.54, 1.807) is 0 Å². The number of hydrogen-bond donors (Lipinski definition) is 0. The molecule has 0 N–H and O–H groups in total. The van der Waals surface area contributed by atoms with Crippen LogP contribution in [0.2, 0.25) is 0 Å². The van der Waals surface area contributed by atoms with Crippen LogP contribution in [0.3, 0.4) is 0 Å². The molecule has 2 aliphatic rings. The van der Waals surface area contributed by atoms with E-state index < -0.39 is 5.92 Å². The Hall–Kier alpha value is -4.86. The Morgan fingerprint density at radius 3 is 1.96 bits per heavy atom. The molecule has 2 amide bonds. The minimum absolute atomic E-state index is 0.0820. The summed E-state index contributed by atoms with van der Waals surface area (Å²) in [5, 5.41) is 0. The minimum Gasteiger partial charge on any atom is -0.442 e. The number of amides is 2. The molecule has 286 valence electrons. The first-order valence-electron chi connectivity index (χ1n) is 19.8. The van der Waals surface area contributed by atoms with Crippen LogP contribution in [0.1, 0.15) is 108 Å². The quantitative estimate of drug-likeness (QED) is 0.100. The number of hydrogen-bond acceptors (Lipinski definition) is 8. The van der Waals surface area contributed by atoms with Crippen LogP contribution in [0.5, 0.6) is 0 Å². The Bertz CT molecular complexity index is 1800. The van der Waals surface area contributed by atoms with Crippen LogP contribution in [0, 0.1) is 37.5 Å². The zero-order valence-corrected chi connectivity index (χ0v) is 31.8. The lowest BCUT2D eigenvalue weighted by molar-refractivity contribution is -0.133. The number of Topliss-reactive ketones (excluding diaryl/α,β-unsaturated/α-hetero) is 2. The first-order chi connectivity index (χ1) is 26.2. The van der Waals surface area contributed by atoms with Crippen molar-refractivity contribution in [3.63, 3.8) is 0 Å². The number of ketones is 2. The molecule has 2 aliphatic heterocycles. The monoisotopic (exact) mass is 734 g/mol. The summed E-state index contributed by atoms with van der Waals surface area (Å²) in [7, 11) is 0. The van der Waals surface area contributed by atoms with Gasteiger partial charge in [0.05, 0.1) is 12.4 Å². The normalized spacial score (nSPS) is 16.6. The standard InChI is InChI=1S/C44H54N4O6/c1-31-7-9-33(10-8-31)12-17-40(50)47-25-19-34(20-26-47)11-14-38(42(52)44-46-24-30-54-44)37(15-16-39(49)43-45-23-29-53-43)36-21-27-48(28-22-36)41(51)18-13-35-6-4-3-5-32(35)2/h3-10,23-24,29-30,34,36-38H,11-22,25-28H2,1-2H3. The molecule has 4 aromatic rings. The van der Waals surface area contributed by atoms with Gasteiger partial charge in [-0.1, -0.05) is 54.1 Å². The summed E-state index contributed by atoms with van der Waals surface area (Å²) in [6.07, 6.45) is 13.7. The maximum absolute atomic E-state index is 14.2. The topological polar surface area (TPSA) is 127 Å². The molecule has 0 spiro atoms. The van der Waals surface area contributed by atoms with E-state index in [-0.39, 0.29) is 53.4 Å². The molecule has 2 unspecified atom stereocenters. The van der Waals surface area contributed by atoms with E-state index in [0.717, 1.165) is 51.6 Å². The molecule has 4 heterocycles. The fourth-order valence-electron chi connectivity index (χ4n) is 8.49. The molecule has 2 atom stereocenters. The molecule has 2 fully saturated rings. The summed E-state index contributed by atoms with van der Waals surface area (Å²) in [5.74, 6) is 0.221. The number of carbonyl (C=O) groups excluding carboxylic acids is 4. The zero-order valence-electron chi connectivity index (χ0n) is 31.8. The first-order valence-corrected chi connectivity index (χ1v) is 19.8. The van der Waals surface area contributed by atoms with Gasteiger partial charge in [0.25, 0.3) is 11.8 Å². The predicted octanol–water partition coefficient (Wildman–Crippen LogP) is 7.88. The number of nitrogens with zero attached hydrogens (tertiary/aromatic N) is 4. The fourth-order valence-corrected chi connectivity index (χ4v) is 8.49. The Labute approximate surface area is 318 Å². The molecule has 54 heavy (non-hydrogen) atoms. The highest BCUT2D eigenvalue weighted by Crippen LogP contribution is 2.39. The molecule has 0 aliphatic carbocycles. The zero-order chi connectivity index (χ0) is 37.9. The van der Waals surface area contributed by atoms with Gasteiger partial charge in [-0.2, -0.15) is 0 Å². The number of oxazole rings is 2. The second-order valence-corrected chi connectivity index (χ2v) is 15.3. The van der Waals surface area contributed by atoms with Gasteiger partial charge < -0.3 is 18.6 Å². The van der Waals surface area contributed by atoms with Gasteiger partial charge in [0.1, 0.15) is 12.5 Å². The van der Waals surface area contributed by atoms with Crippen LogP contribution in [-0.2, 0) is 22.4 Å². The molecule has 6 rings (SSSR count). The summed E-state index contributed by atoms with van der Waals surface area (Å²) in [6.45, 7) is 6.83. The van der Waals surface area contributed by atoms with Crippen molar-refractivity contribution in [1.82, 2.24) is 19.8 Å². The Morgan fingerprint density at radius 1 is 0.722 bits per heavy atom. The van der Waals surface area contributed by atoms with Crippen molar-refractivity contribution >= 4 is 23.4 Å². The summed E-state index contributed by atoms with van der Waals surface area (Å²) in [5.41, 5.74) is 4.78. The molecule has 10 heteroatoms. The largest absolute Gasteiger partial charge is 0.442 e. The second kappa shape index (κ2) is 18.9. The molecule has 2 saturated heterocycles. The third-order valence-corrected chi connectivity index (χ3v) is 11.8. The third-order valence-electron chi connectivity index (χ3n) is 11.8. The highest BCUT2D eigenvalue weighted by molar-refractivity contribution is 5.94. The second-order valence-electron chi connectivity index (χ2n) is 15.3. The smallest absolute Gasteiger partial charge is 0.263 e. The van der Waals surface area contributed by atoms with Crippen molar-refractivity contribution < 1.29 is 28.0 Å². The van der Waals surface area contributed by atoms with E-state index in [1.807, 2.05) is 21.9 Å². The van der Waals surface area contributed by atoms with Crippen LogP contribution in [-0.4, -0.2) is 69.3 Å². The minimum atomic E-state index is -0.400. The van der Waals surface area contributed by atoms with Gasteiger partial charge in [0.2, 0.25) is 23.4 Å². The van der Waals surface area contributed by atoms with Crippen LogP contribution < -0.4 is 0 Å². The summed E-state index contributed by atoms with van der Waals surface area (Å²) in [6, 6.07) is 16.6. The Morgan fingerprint density at radius 2 is 1.33 bits per heavy atom. The highest BCUT2D eigenvalue weighted by atomic mass is 16.4. The van der Waals surface area contributed by atoms with Gasteiger partial charge in [-0.25, -0.2) is 9.97 Å². The molecular formula is C44H54N4O6. The first kappa shape index (κ1) is 38.9. The number of aromatic nitrogens is 2. The van der Waals surface area contributed by atoms with Gasteiger partial charge in [-0.3, -0.25) is 19.2 Å². The van der Waals surface area contributed by atoms with E-state index in [1.165, 1.54) is 47.2 Å². The average Bonchev–Trinajstić information content (AvgIpc) is 3.95. The lowest BCUT2D eigenvalue weighted by Crippen LogP contribution is -2.42. The van der Waals surface area contributed by atoms with E-state index >= 15 is 0 Å². The predicted molar refractivity (Wildman–Crippen MR) is 205 cm³/mol. The molecule has 0 bridgehead atoms. The summed E-state index contributed by atoms with van der Waals surface area (Å²) < 4.78 is 10.9.